The Morgan fingerprint density at radius 2 is 1.90 bits per heavy atom. The van der Waals surface area contributed by atoms with Gasteiger partial charge in [-0.05, 0) is 36.5 Å². The molecule has 1 aromatic carbocycles. The van der Waals surface area contributed by atoms with E-state index in [-0.39, 0.29) is 0 Å². The maximum absolute atomic E-state index is 12.5. The fourth-order valence-corrected chi connectivity index (χ4v) is 2.09. The van der Waals surface area contributed by atoms with Crippen molar-refractivity contribution in [3.05, 3.63) is 35.4 Å². The number of hydrogen-bond acceptors (Lipinski definition) is 1. The zero-order valence-electron chi connectivity index (χ0n) is 12.2. The molecule has 1 aromatic rings. The SMILES string of the molecule is CN=C(NCC1CC1)N(C)Cc1ccc(C(F)(F)F)cc1. The number of guanidine groups is 1. The van der Waals surface area contributed by atoms with Crippen LogP contribution in [0.3, 0.4) is 0 Å². The Labute approximate surface area is 122 Å². The van der Waals surface area contributed by atoms with Crippen LogP contribution in [0.4, 0.5) is 13.2 Å². The summed E-state index contributed by atoms with van der Waals surface area (Å²) in [6, 6.07) is 5.24. The van der Waals surface area contributed by atoms with E-state index in [0.29, 0.717) is 6.54 Å². The zero-order valence-corrected chi connectivity index (χ0v) is 12.2. The van der Waals surface area contributed by atoms with Gasteiger partial charge in [-0.3, -0.25) is 4.99 Å². The molecule has 0 bridgehead atoms. The van der Waals surface area contributed by atoms with Gasteiger partial charge in [-0.25, -0.2) is 0 Å². The monoisotopic (exact) mass is 299 g/mol. The van der Waals surface area contributed by atoms with E-state index in [9.17, 15) is 13.2 Å². The molecule has 2 rings (SSSR count). The molecule has 1 saturated carbocycles. The van der Waals surface area contributed by atoms with Crippen LogP contribution in [0.15, 0.2) is 29.3 Å². The maximum Gasteiger partial charge on any atom is 0.416 e. The summed E-state index contributed by atoms with van der Waals surface area (Å²) in [5.74, 6) is 1.50. The predicted molar refractivity (Wildman–Crippen MR) is 77.0 cm³/mol. The normalized spacial score (nSPS) is 16.0. The van der Waals surface area contributed by atoms with Crippen molar-refractivity contribution in [2.45, 2.75) is 25.6 Å². The summed E-state index contributed by atoms with van der Waals surface area (Å²) in [5.41, 5.74) is 0.199. The Hall–Kier alpha value is -1.72. The molecule has 1 N–H and O–H groups in total. The molecular formula is C15H20F3N3. The number of hydrogen-bond donors (Lipinski definition) is 1. The van der Waals surface area contributed by atoms with Gasteiger partial charge < -0.3 is 10.2 Å². The minimum Gasteiger partial charge on any atom is -0.356 e. The van der Waals surface area contributed by atoms with Crippen molar-refractivity contribution < 1.29 is 13.2 Å². The summed E-state index contributed by atoms with van der Waals surface area (Å²) in [4.78, 5) is 6.10. The molecule has 0 radical (unpaired) electrons. The minimum atomic E-state index is -4.29. The Balaban J connectivity index is 1.92. The van der Waals surface area contributed by atoms with E-state index < -0.39 is 11.7 Å². The van der Waals surface area contributed by atoms with Crippen LogP contribution in [0.1, 0.15) is 24.0 Å². The van der Waals surface area contributed by atoms with Crippen molar-refractivity contribution in [2.24, 2.45) is 10.9 Å². The third kappa shape index (κ3) is 4.65. The molecule has 0 aliphatic heterocycles. The van der Waals surface area contributed by atoms with Crippen molar-refractivity contribution in [1.29, 1.82) is 0 Å². The summed E-state index contributed by atoms with van der Waals surface area (Å²) in [7, 11) is 3.58. The van der Waals surface area contributed by atoms with Gasteiger partial charge >= 0.3 is 6.18 Å². The lowest BCUT2D eigenvalue weighted by Gasteiger charge is -2.22. The van der Waals surface area contributed by atoms with E-state index in [0.717, 1.165) is 36.1 Å². The second-order valence-corrected chi connectivity index (χ2v) is 5.42. The number of halogens is 3. The van der Waals surface area contributed by atoms with E-state index >= 15 is 0 Å². The molecule has 0 spiro atoms. The fourth-order valence-electron chi connectivity index (χ4n) is 2.09. The summed E-state index contributed by atoms with van der Waals surface area (Å²) in [5, 5.41) is 3.28. The van der Waals surface area contributed by atoms with Gasteiger partial charge in [0.1, 0.15) is 0 Å². The first-order chi connectivity index (χ1) is 9.90. The number of aliphatic imine (C=N–C) groups is 1. The van der Waals surface area contributed by atoms with Gasteiger partial charge in [-0.1, -0.05) is 12.1 Å². The molecule has 0 heterocycles. The third-order valence-electron chi connectivity index (χ3n) is 3.52. The average molecular weight is 299 g/mol. The van der Waals surface area contributed by atoms with Crippen LogP contribution >= 0.6 is 0 Å². The molecule has 1 aliphatic carbocycles. The predicted octanol–water partition coefficient (Wildman–Crippen LogP) is 3.12. The summed E-state index contributed by atoms with van der Waals surface area (Å²) >= 11 is 0. The van der Waals surface area contributed by atoms with Gasteiger partial charge in [-0.15, -0.1) is 0 Å². The number of rotatable bonds is 4. The van der Waals surface area contributed by atoms with Crippen molar-refractivity contribution in [2.75, 3.05) is 20.6 Å². The number of benzene rings is 1. The van der Waals surface area contributed by atoms with Crippen molar-refractivity contribution >= 4 is 5.96 Å². The Morgan fingerprint density at radius 3 is 2.38 bits per heavy atom. The lowest BCUT2D eigenvalue weighted by Crippen LogP contribution is -2.39. The molecule has 0 atom stereocenters. The Bertz CT molecular complexity index is 490. The second kappa shape index (κ2) is 6.37. The Morgan fingerprint density at radius 1 is 1.29 bits per heavy atom. The van der Waals surface area contributed by atoms with Gasteiger partial charge in [0.15, 0.2) is 5.96 Å². The molecule has 0 amide bonds. The average Bonchev–Trinajstić information content (AvgIpc) is 3.23. The van der Waals surface area contributed by atoms with E-state index in [1.807, 2.05) is 11.9 Å². The number of alkyl halides is 3. The van der Waals surface area contributed by atoms with Crippen molar-refractivity contribution in [3.63, 3.8) is 0 Å². The van der Waals surface area contributed by atoms with Crippen LogP contribution in [0, 0.1) is 5.92 Å². The summed E-state index contributed by atoms with van der Waals surface area (Å²) in [6.07, 6.45) is -1.77. The smallest absolute Gasteiger partial charge is 0.356 e. The Kier molecular flexibility index (Phi) is 4.75. The third-order valence-corrected chi connectivity index (χ3v) is 3.52. The van der Waals surface area contributed by atoms with Crippen LogP contribution in [-0.2, 0) is 12.7 Å². The lowest BCUT2D eigenvalue weighted by molar-refractivity contribution is -0.137. The van der Waals surface area contributed by atoms with Gasteiger partial charge in [0, 0.05) is 27.2 Å². The summed E-state index contributed by atoms with van der Waals surface area (Å²) in [6.45, 7) is 1.42. The van der Waals surface area contributed by atoms with Crippen molar-refractivity contribution in [3.8, 4) is 0 Å². The van der Waals surface area contributed by atoms with Crippen LogP contribution in [-0.4, -0.2) is 31.5 Å². The number of nitrogens with zero attached hydrogens (tertiary/aromatic N) is 2. The van der Waals surface area contributed by atoms with Gasteiger partial charge in [0.05, 0.1) is 5.56 Å². The molecule has 0 saturated heterocycles. The zero-order chi connectivity index (χ0) is 15.5. The van der Waals surface area contributed by atoms with Crippen molar-refractivity contribution in [1.82, 2.24) is 10.2 Å². The van der Waals surface area contributed by atoms with E-state index in [4.69, 9.17) is 0 Å². The largest absolute Gasteiger partial charge is 0.416 e. The van der Waals surface area contributed by atoms with E-state index in [2.05, 4.69) is 10.3 Å². The fraction of sp³-hybridized carbons (Fsp3) is 0.533. The molecule has 6 heteroatoms. The van der Waals surface area contributed by atoms with Gasteiger partial charge in [-0.2, -0.15) is 13.2 Å². The summed E-state index contributed by atoms with van der Waals surface area (Å²) < 4.78 is 37.5. The lowest BCUT2D eigenvalue weighted by atomic mass is 10.1. The number of nitrogens with one attached hydrogen (secondary N) is 1. The quantitative estimate of drug-likeness (QED) is 0.683. The molecule has 116 valence electrons. The van der Waals surface area contributed by atoms with E-state index in [1.54, 1.807) is 7.05 Å². The van der Waals surface area contributed by atoms with Crippen LogP contribution < -0.4 is 5.32 Å². The van der Waals surface area contributed by atoms with E-state index in [1.165, 1.54) is 25.0 Å². The van der Waals surface area contributed by atoms with Crippen LogP contribution in [0.5, 0.6) is 0 Å². The first-order valence-electron chi connectivity index (χ1n) is 6.98. The van der Waals surface area contributed by atoms with Crippen LogP contribution in [0.2, 0.25) is 0 Å². The first kappa shape index (κ1) is 15.7. The highest BCUT2D eigenvalue weighted by molar-refractivity contribution is 5.79. The topological polar surface area (TPSA) is 27.6 Å². The molecule has 3 nitrogen and oxygen atoms in total. The van der Waals surface area contributed by atoms with Gasteiger partial charge in [0.2, 0.25) is 0 Å². The standard InChI is InChI=1S/C15H20F3N3/c1-19-14(20-9-11-3-4-11)21(2)10-12-5-7-13(8-6-12)15(16,17)18/h5-8,11H,3-4,9-10H2,1-2H3,(H,19,20). The molecule has 0 aromatic heterocycles. The minimum absolute atomic E-state index is 0.516. The molecule has 1 fully saturated rings. The maximum atomic E-state index is 12.5. The van der Waals surface area contributed by atoms with Crippen LogP contribution in [0.25, 0.3) is 0 Å². The molecule has 1 aliphatic rings. The first-order valence-corrected chi connectivity index (χ1v) is 6.98. The highest BCUT2D eigenvalue weighted by Crippen LogP contribution is 2.29. The highest BCUT2D eigenvalue weighted by Gasteiger charge is 2.30. The molecular weight excluding hydrogens is 279 g/mol. The van der Waals surface area contributed by atoms with Gasteiger partial charge in [0.25, 0.3) is 0 Å². The molecule has 0 unspecified atom stereocenters. The second-order valence-electron chi connectivity index (χ2n) is 5.42. The highest BCUT2D eigenvalue weighted by atomic mass is 19.4. The molecule has 21 heavy (non-hydrogen) atoms.